The largest absolute Gasteiger partial charge is 0.352 e. The zero-order valence-electron chi connectivity index (χ0n) is 11.1. The molecule has 18 heavy (non-hydrogen) atoms. The Kier molecular flexibility index (Phi) is 4.37. The second-order valence-electron chi connectivity index (χ2n) is 5.36. The Morgan fingerprint density at radius 3 is 2.50 bits per heavy atom. The number of carbonyl (C=O) groups excluding carboxylic acids is 1. The first-order valence-corrected chi connectivity index (χ1v) is 6.74. The lowest BCUT2D eigenvalue weighted by Crippen LogP contribution is -2.38. The van der Waals surface area contributed by atoms with Crippen LogP contribution in [-0.4, -0.2) is 18.5 Å². The summed E-state index contributed by atoms with van der Waals surface area (Å²) in [7, 11) is 0. The van der Waals surface area contributed by atoms with Crippen LogP contribution >= 0.6 is 0 Å². The third-order valence-corrected chi connectivity index (χ3v) is 3.25. The van der Waals surface area contributed by atoms with Gasteiger partial charge in [0.05, 0.1) is 6.54 Å². The van der Waals surface area contributed by atoms with Crippen LogP contribution in [0.15, 0.2) is 30.3 Å². The van der Waals surface area contributed by atoms with E-state index in [1.54, 1.807) is 0 Å². The highest BCUT2D eigenvalue weighted by Gasteiger charge is 2.23. The SMILES string of the molecule is CC(C)C(NCC(=O)NC1CC1)c1ccccc1. The standard InChI is InChI=1S/C15H22N2O/c1-11(2)15(12-6-4-3-5-7-12)16-10-14(18)17-13-8-9-13/h3-7,11,13,15-16H,8-10H2,1-2H3,(H,17,18). The van der Waals surface area contributed by atoms with Gasteiger partial charge in [-0.2, -0.15) is 0 Å². The van der Waals surface area contributed by atoms with Crippen molar-refractivity contribution in [1.29, 1.82) is 0 Å². The molecule has 0 bridgehead atoms. The smallest absolute Gasteiger partial charge is 0.234 e. The molecule has 0 saturated heterocycles. The molecule has 1 aromatic rings. The molecule has 1 atom stereocenters. The molecule has 2 rings (SSSR count). The molecule has 0 spiro atoms. The molecule has 1 saturated carbocycles. The maximum Gasteiger partial charge on any atom is 0.234 e. The fourth-order valence-corrected chi connectivity index (χ4v) is 2.11. The van der Waals surface area contributed by atoms with E-state index >= 15 is 0 Å². The van der Waals surface area contributed by atoms with E-state index in [1.807, 2.05) is 18.2 Å². The molecule has 1 amide bonds. The van der Waals surface area contributed by atoms with Gasteiger partial charge in [0, 0.05) is 12.1 Å². The van der Waals surface area contributed by atoms with Gasteiger partial charge in [-0.1, -0.05) is 44.2 Å². The van der Waals surface area contributed by atoms with E-state index in [4.69, 9.17) is 0 Å². The Labute approximate surface area is 109 Å². The molecule has 0 radical (unpaired) electrons. The average molecular weight is 246 g/mol. The Morgan fingerprint density at radius 1 is 1.28 bits per heavy atom. The van der Waals surface area contributed by atoms with Crippen LogP contribution in [0.4, 0.5) is 0 Å². The normalized spacial score (nSPS) is 16.6. The first kappa shape index (κ1) is 13.1. The molecule has 1 fully saturated rings. The first-order chi connectivity index (χ1) is 8.66. The van der Waals surface area contributed by atoms with Crippen molar-refractivity contribution in [3.63, 3.8) is 0 Å². The Morgan fingerprint density at radius 2 is 1.94 bits per heavy atom. The van der Waals surface area contributed by atoms with E-state index in [9.17, 15) is 4.79 Å². The summed E-state index contributed by atoms with van der Waals surface area (Å²) in [6.07, 6.45) is 2.27. The molecular formula is C15H22N2O. The lowest BCUT2D eigenvalue weighted by atomic mass is 9.96. The van der Waals surface area contributed by atoms with Gasteiger partial charge in [0.25, 0.3) is 0 Å². The molecule has 0 aromatic heterocycles. The molecule has 98 valence electrons. The number of amides is 1. The predicted octanol–water partition coefficient (Wildman–Crippen LogP) is 2.25. The number of carbonyl (C=O) groups is 1. The minimum atomic E-state index is 0.110. The van der Waals surface area contributed by atoms with Crippen LogP contribution < -0.4 is 10.6 Å². The van der Waals surface area contributed by atoms with Crippen molar-refractivity contribution < 1.29 is 4.79 Å². The third kappa shape index (κ3) is 3.84. The minimum absolute atomic E-state index is 0.110. The fourth-order valence-electron chi connectivity index (χ4n) is 2.11. The summed E-state index contributed by atoms with van der Waals surface area (Å²) in [6.45, 7) is 4.74. The summed E-state index contributed by atoms with van der Waals surface area (Å²) in [5.74, 6) is 0.570. The quantitative estimate of drug-likeness (QED) is 0.808. The number of rotatable bonds is 6. The van der Waals surface area contributed by atoms with E-state index in [-0.39, 0.29) is 11.9 Å². The summed E-state index contributed by atoms with van der Waals surface area (Å²) in [4.78, 5) is 11.7. The van der Waals surface area contributed by atoms with Gasteiger partial charge >= 0.3 is 0 Å². The first-order valence-electron chi connectivity index (χ1n) is 6.74. The highest BCUT2D eigenvalue weighted by molar-refractivity contribution is 5.78. The van der Waals surface area contributed by atoms with E-state index < -0.39 is 0 Å². The molecule has 2 N–H and O–H groups in total. The second-order valence-corrected chi connectivity index (χ2v) is 5.36. The van der Waals surface area contributed by atoms with Crippen LogP contribution in [0.25, 0.3) is 0 Å². The lowest BCUT2D eigenvalue weighted by molar-refractivity contribution is -0.120. The lowest BCUT2D eigenvalue weighted by Gasteiger charge is -2.22. The van der Waals surface area contributed by atoms with Crippen LogP contribution in [0.5, 0.6) is 0 Å². The molecular weight excluding hydrogens is 224 g/mol. The number of hydrogen-bond donors (Lipinski definition) is 2. The fraction of sp³-hybridized carbons (Fsp3) is 0.533. The molecule has 1 aromatic carbocycles. The monoisotopic (exact) mass is 246 g/mol. The van der Waals surface area contributed by atoms with Gasteiger partial charge in [-0.05, 0) is 24.3 Å². The van der Waals surface area contributed by atoms with Crippen molar-refractivity contribution in [2.75, 3.05) is 6.54 Å². The van der Waals surface area contributed by atoms with Crippen LogP contribution in [0.2, 0.25) is 0 Å². The molecule has 0 heterocycles. The van der Waals surface area contributed by atoms with Gasteiger partial charge in [-0.3, -0.25) is 4.79 Å². The average Bonchev–Trinajstić information content (AvgIpc) is 3.14. The molecule has 1 aliphatic carbocycles. The summed E-state index contributed by atoms with van der Waals surface area (Å²) < 4.78 is 0. The number of nitrogens with one attached hydrogen (secondary N) is 2. The molecule has 3 heteroatoms. The second kappa shape index (κ2) is 6.01. The van der Waals surface area contributed by atoms with Crippen molar-refractivity contribution in [2.24, 2.45) is 5.92 Å². The van der Waals surface area contributed by atoms with Crippen molar-refractivity contribution in [2.45, 2.75) is 38.8 Å². The summed E-state index contributed by atoms with van der Waals surface area (Å²) in [6, 6.07) is 11.0. The topological polar surface area (TPSA) is 41.1 Å². The van der Waals surface area contributed by atoms with E-state index in [1.165, 1.54) is 5.56 Å². The Bertz CT molecular complexity index is 385. The third-order valence-electron chi connectivity index (χ3n) is 3.25. The molecule has 0 aliphatic heterocycles. The summed E-state index contributed by atoms with van der Waals surface area (Å²) in [5.41, 5.74) is 1.24. The van der Waals surface area contributed by atoms with Gasteiger partial charge in [-0.15, -0.1) is 0 Å². The number of benzene rings is 1. The molecule has 1 aliphatic rings. The summed E-state index contributed by atoms with van der Waals surface area (Å²) in [5, 5.41) is 6.35. The number of hydrogen-bond acceptors (Lipinski definition) is 2. The van der Waals surface area contributed by atoms with Gasteiger partial charge in [0.1, 0.15) is 0 Å². The maximum atomic E-state index is 11.7. The van der Waals surface area contributed by atoms with Gasteiger partial charge in [-0.25, -0.2) is 0 Å². The van der Waals surface area contributed by atoms with Crippen molar-refractivity contribution in [3.8, 4) is 0 Å². The predicted molar refractivity (Wildman–Crippen MR) is 73.2 cm³/mol. The van der Waals surface area contributed by atoms with Crippen LogP contribution in [-0.2, 0) is 4.79 Å². The van der Waals surface area contributed by atoms with Crippen molar-refractivity contribution in [1.82, 2.24) is 10.6 Å². The minimum Gasteiger partial charge on any atom is -0.352 e. The van der Waals surface area contributed by atoms with E-state index in [2.05, 4.69) is 36.6 Å². The van der Waals surface area contributed by atoms with Crippen molar-refractivity contribution in [3.05, 3.63) is 35.9 Å². The van der Waals surface area contributed by atoms with Crippen LogP contribution in [0.1, 0.15) is 38.3 Å². The van der Waals surface area contributed by atoms with Gasteiger partial charge in [0.15, 0.2) is 0 Å². The Hall–Kier alpha value is -1.35. The summed E-state index contributed by atoms with van der Waals surface area (Å²) >= 11 is 0. The molecule has 1 unspecified atom stereocenters. The maximum absolute atomic E-state index is 11.7. The van der Waals surface area contributed by atoms with Crippen LogP contribution in [0.3, 0.4) is 0 Å². The molecule has 3 nitrogen and oxygen atoms in total. The van der Waals surface area contributed by atoms with Gasteiger partial charge < -0.3 is 10.6 Å². The zero-order valence-corrected chi connectivity index (χ0v) is 11.1. The van der Waals surface area contributed by atoms with E-state index in [0.717, 1.165) is 12.8 Å². The zero-order chi connectivity index (χ0) is 13.0. The van der Waals surface area contributed by atoms with Gasteiger partial charge in [0.2, 0.25) is 5.91 Å². The highest BCUT2D eigenvalue weighted by Crippen LogP contribution is 2.21. The van der Waals surface area contributed by atoms with Crippen LogP contribution in [0, 0.1) is 5.92 Å². The van der Waals surface area contributed by atoms with E-state index in [0.29, 0.717) is 18.5 Å². The van der Waals surface area contributed by atoms with Crippen molar-refractivity contribution >= 4 is 5.91 Å². The highest BCUT2D eigenvalue weighted by atomic mass is 16.2. The Balaban J connectivity index is 1.88.